The highest BCUT2D eigenvalue weighted by molar-refractivity contribution is 7.20. The lowest BCUT2D eigenvalue weighted by atomic mass is 10.1. The van der Waals surface area contributed by atoms with E-state index in [1.165, 1.54) is 23.5 Å². The summed E-state index contributed by atoms with van der Waals surface area (Å²) in [5, 5.41) is 8.93. The largest absolute Gasteiger partial charge is 0.333 e. The highest BCUT2D eigenvalue weighted by Gasteiger charge is 2.34. The van der Waals surface area contributed by atoms with Crippen LogP contribution in [0.2, 0.25) is 0 Å². The fraction of sp³-hybridized carbons (Fsp3) is 0.214. The summed E-state index contributed by atoms with van der Waals surface area (Å²) in [5.74, 6) is -0.298. The molecule has 4 rings (SSSR count). The molecule has 0 bridgehead atoms. The molecule has 0 N–H and O–H groups in total. The van der Waals surface area contributed by atoms with Gasteiger partial charge in [-0.2, -0.15) is 15.0 Å². The summed E-state index contributed by atoms with van der Waals surface area (Å²) in [7, 11) is 0. The van der Waals surface area contributed by atoms with Crippen LogP contribution in [0.15, 0.2) is 36.7 Å². The van der Waals surface area contributed by atoms with E-state index in [1.807, 2.05) is 0 Å². The Morgan fingerprint density at radius 1 is 1.24 bits per heavy atom. The number of benzene rings is 1. The molecule has 5 nitrogen and oxygen atoms in total. The first kappa shape index (κ1) is 12.5. The molecule has 1 aliphatic heterocycles. The van der Waals surface area contributed by atoms with E-state index in [2.05, 4.69) is 10.2 Å². The Morgan fingerprint density at radius 3 is 2.76 bits per heavy atom. The van der Waals surface area contributed by atoms with Crippen LogP contribution in [0.3, 0.4) is 0 Å². The Balaban J connectivity index is 1.52. The van der Waals surface area contributed by atoms with Crippen LogP contribution in [0.4, 0.5) is 4.39 Å². The smallest absolute Gasteiger partial charge is 0.264 e. The molecule has 3 aromatic rings. The average Bonchev–Trinajstić information content (AvgIpc) is 3.05. The van der Waals surface area contributed by atoms with E-state index >= 15 is 0 Å². The number of fused-ring (bicyclic) bond motifs is 1. The third-order valence-corrected chi connectivity index (χ3v) is 4.71. The number of aromatic nitrogens is 3. The zero-order chi connectivity index (χ0) is 14.4. The minimum absolute atomic E-state index is 0.0139. The topological polar surface area (TPSA) is 51.0 Å². The molecule has 3 heterocycles. The van der Waals surface area contributed by atoms with Gasteiger partial charge in [0.2, 0.25) is 0 Å². The summed E-state index contributed by atoms with van der Waals surface area (Å²) in [6, 6.07) is 6.48. The van der Waals surface area contributed by atoms with Crippen LogP contribution in [0.25, 0.3) is 10.1 Å². The van der Waals surface area contributed by atoms with E-state index in [0.717, 1.165) is 10.1 Å². The molecule has 0 atom stereocenters. The van der Waals surface area contributed by atoms with Gasteiger partial charge in [-0.15, -0.1) is 11.3 Å². The molecule has 1 amide bonds. The third kappa shape index (κ3) is 2.09. The predicted molar refractivity (Wildman–Crippen MR) is 76.7 cm³/mol. The molecule has 106 valence electrons. The zero-order valence-electron chi connectivity index (χ0n) is 10.9. The fourth-order valence-corrected chi connectivity index (χ4v) is 3.47. The van der Waals surface area contributed by atoms with Crippen molar-refractivity contribution in [3.8, 4) is 0 Å². The van der Waals surface area contributed by atoms with Crippen molar-refractivity contribution in [1.82, 2.24) is 19.9 Å². The lowest BCUT2D eigenvalue weighted by molar-refractivity contribution is 0.0481. The van der Waals surface area contributed by atoms with Gasteiger partial charge in [0.05, 0.1) is 17.3 Å². The van der Waals surface area contributed by atoms with Gasteiger partial charge in [-0.1, -0.05) is 0 Å². The summed E-state index contributed by atoms with van der Waals surface area (Å²) in [6.07, 6.45) is 3.26. The number of rotatable bonds is 2. The monoisotopic (exact) mass is 302 g/mol. The van der Waals surface area contributed by atoms with Gasteiger partial charge in [-0.3, -0.25) is 4.79 Å². The Morgan fingerprint density at radius 2 is 2.00 bits per heavy atom. The molecular weight excluding hydrogens is 291 g/mol. The van der Waals surface area contributed by atoms with E-state index in [-0.39, 0.29) is 17.8 Å². The van der Waals surface area contributed by atoms with Crippen LogP contribution in [-0.4, -0.2) is 38.9 Å². The highest BCUT2D eigenvalue weighted by atomic mass is 32.1. The second-order valence-electron chi connectivity index (χ2n) is 5.01. The zero-order valence-corrected chi connectivity index (χ0v) is 11.8. The van der Waals surface area contributed by atoms with E-state index in [0.29, 0.717) is 18.0 Å². The first-order valence-electron chi connectivity index (χ1n) is 6.55. The Kier molecular flexibility index (Phi) is 2.75. The minimum Gasteiger partial charge on any atom is -0.333 e. The van der Waals surface area contributed by atoms with Gasteiger partial charge in [0.15, 0.2) is 0 Å². The third-order valence-electron chi connectivity index (χ3n) is 3.60. The number of likely N-dealkylation sites (tertiary alicyclic amines) is 1. The van der Waals surface area contributed by atoms with Crippen LogP contribution in [0, 0.1) is 5.82 Å². The normalized spacial score (nSPS) is 15.4. The molecule has 0 unspecified atom stereocenters. The van der Waals surface area contributed by atoms with E-state index < -0.39 is 0 Å². The summed E-state index contributed by atoms with van der Waals surface area (Å²) in [5.41, 5.74) is 0. The predicted octanol–water partition coefficient (Wildman–Crippen LogP) is 2.33. The van der Waals surface area contributed by atoms with E-state index in [1.54, 1.807) is 34.2 Å². The second-order valence-corrected chi connectivity index (χ2v) is 6.09. The van der Waals surface area contributed by atoms with Crippen molar-refractivity contribution in [2.24, 2.45) is 0 Å². The van der Waals surface area contributed by atoms with E-state index in [4.69, 9.17) is 0 Å². The molecule has 1 fully saturated rings. The van der Waals surface area contributed by atoms with Crippen LogP contribution in [0.5, 0.6) is 0 Å². The van der Waals surface area contributed by atoms with Crippen molar-refractivity contribution in [1.29, 1.82) is 0 Å². The summed E-state index contributed by atoms with van der Waals surface area (Å²) >= 11 is 1.39. The maximum atomic E-state index is 13.2. The van der Waals surface area contributed by atoms with Crippen molar-refractivity contribution in [3.05, 3.63) is 47.4 Å². The van der Waals surface area contributed by atoms with Gasteiger partial charge in [0.1, 0.15) is 11.9 Å². The van der Waals surface area contributed by atoms with Gasteiger partial charge in [-0.05, 0) is 29.7 Å². The molecule has 1 saturated heterocycles. The number of amides is 1. The van der Waals surface area contributed by atoms with Gasteiger partial charge in [0, 0.05) is 17.8 Å². The number of halogens is 1. The first-order chi connectivity index (χ1) is 10.2. The molecule has 21 heavy (non-hydrogen) atoms. The number of carbonyl (C=O) groups excluding carboxylic acids is 1. The number of nitrogens with zero attached hydrogens (tertiary/aromatic N) is 4. The van der Waals surface area contributed by atoms with Gasteiger partial charge in [-0.25, -0.2) is 4.39 Å². The SMILES string of the molecule is O=C(c1cc2cc(F)ccc2s1)N1CC(n2nccn2)C1. The molecular formula is C14H11FN4OS. The molecule has 7 heteroatoms. The van der Waals surface area contributed by atoms with Crippen LogP contribution in [0.1, 0.15) is 15.7 Å². The molecule has 1 aliphatic rings. The van der Waals surface area contributed by atoms with Crippen LogP contribution >= 0.6 is 11.3 Å². The van der Waals surface area contributed by atoms with Crippen LogP contribution < -0.4 is 0 Å². The minimum atomic E-state index is -0.284. The molecule has 0 aliphatic carbocycles. The van der Waals surface area contributed by atoms with Crippen molar-refractivity contribution < 1.29 is 9.18 Å². The number of hydrogen-bond acceptors (Lipinski definition) is 4. The summed E-state index contributed by atoms with van der Waals surface area (Å²) in [4.78, 5) is 16.4. The van der Waals surface area contributed by atoms with Crippen molar-refractivity contribution in [3.63, 3.8) is 0 Å². The molecule has 0 radical (unpaired) electrons. The van der Waals surface area contributed by atoms with Gasteiger partial charge < -0.3 is 4.90 Å². The second kappa shape index (κ2) is 4.63. The van der Waals surface area contributed by atoms with Crippen molar-refractivity contribution in [2.45, 2.75) is 6.04 Å². The number of carbonyl (C=O) groups is 1. The number of thiophene rings is 1. The van der Waals surface area contributed by atoms with Gasteiger partial charge >= 0.3 is 0 Å². The highest BCUT2D eigenvalue weighted by Crippen LogP contribution is 2.29. The van der Waals surface area contributed by atoms with Crippen LogP contribution in [-0.2, 0) is 0 Å². The average molecular weight is 302 g/mol. The first-order valence-corrected chi connectivity index (χ1v) is 7.36. The van der Waals surface area contributed by atoms with E-state index in [9.17, 15) is 9.18 Å². The molecule has 2 aromatic heterocycles. The molecule has 0 spiro atoms. The lowest BCUT2D eigenvalue weighted by Gasteiger charge is -2.37. The maximum Gasteiger partial charge on any atom is 0.264 e. The Labute approximate surface area is 123 Å². The molecule has 0 saturated carbocycles. The summed E-state index contributed by atoms with van der Waals surface area (Å²) < 4.78 is 14.1. The maximum absolute atomic E-state index is 13.2. The van der Waals surface area contributed by atoms with Gasteiger partial charge in [0.25, 0.3) is 5.91 Å². The lowest BCUT2D eigenvalue weighted by Crippen LogP contribution is -2.51. The quantitative estimate of drug-likeness (QED) is 0.730. The number of hydrogen-bond donors (Lipinski definition) is 0. The van der Waals surface area contributed by atoms with Crippen molar-refractivity contribution >= 4 is 27.3 Å². The van der Waals surface area contributed by atoms with Crippen molar-refractivity contribution in [2.75, 3.05) is 13.1 Å². The standard InChI is InChI=1S/C14H11FN4OS/c15-10-1-2-12-9(5-10)6-13(21-12)14(20)18-7-11(8-18)19-16-3-4-17-19/h1-6,11H,7-8H2. The Bertz CT molecular complexity index is 808. The Hall–Kier alpha value is -2.28. The fourth-order valence-electron chi connectivity index (χ4n) is 2.46. The molecule has 1 aromatic carbocycles. The summed E-state index contributed by atoms with van der Waals surface area (Å²) in [6.45, 7) is 1.21.